The molecular formula is C16H18FNO. The molecule has 0 spiro atoms. The van der Waals surface area contributed by atoms with Gasteiger partial charge in [-0.2, -0.15) is 0 Å². The Labute approximate surface area is 113 Å². The highest BCUT2D eigenvalue weighted by atomic mass is 19.1. The van der Waals surface area contributed by atoms with Gasteiger partial charge in [-0.15, -0.1) is 0 Å². The minimum Gasteiger partial charge on any atom is -0.491 e. The second-order valence-corrected chi connectivity index (χ2v) is 4.55. The zero-order valence-electron chi connectivity index (χ0n) is 11.2. The van der Waals surface area contributed by atoms with E-state index in [9.17, 15) is 4.39 Å². The number of nitrogens with one attached hydrogen (secondary N) is 1. The maximum atomic E-state index is 12.7. The lowest BCUT2D eigenvalue weighted by Crippen LogP contribution is -2.11. The molecule has 2 nitrogen and oxygen atoms in total. The van der Waals surface area contributed by atoms with Crippen LogP contribution in [-0.2, 0) is 0 Å². The van der Waals surface area contributed by atoms with Gasteiger partial charge in [-0.3, -0.25) is 0 Å². The van der Waals surface area contributed by atoms with Crippen LogP contribution in [0.15, 0.2) is 42.5 Å². The van der Waals surface area contributed by atoms with E-state index >= 15 is 0 Å². The maximum Gasteiger partial charge on any atom is 0.123 e. The van der Waals surface area contributed by atoms with Crippen LogP contribution in [0.4, 0.5) is 10.1 Å². The number of aryl methyl sites for hydroxylation is 2. The van der Waals surface area contributed by atoms with Crippen LogP contribution in [0.3, 0.4) is 0 Å². The summed E-state index contributed by atoms with van der Waals surface area (Å²) in [4.78, 5) is 0. The highest BCUT2D eigenvalue weighted by Gasteiger charge is 1.99. The number of halogens is 1. The first-order chi connectivity index (χ1) is 9.15. The Bertz CT molecular complexity index is 537. The van der Waals surface area contributed by atoms with Crippen molar-refractivity contribution in [1.82, 2.24) is 0 Å². The van der Waals surface area contributed by atoms with Gasteiger partial charge in [0, 0.05) is 12.2 Å². The minimum absolute atomic E-state index is 0.225. The Balaban J connectivity index is 1.79. The molecule has 0 aromatic heterocycles. The lowest BCUT2D eigenvalue weighted by atomic mass is 10.1. The van der Waals surface area contributed by atoms with Gasteiger partial charge in [0.1, 0.15) is 18.2 Å². The number of hydrogen-bond acceptors (Lipinski definition) is 2. The Kier molecular flexibility index (Phi) is 4.39. The van der Waals surface area contributed by atoms with E-state index in [-0.39, 0.29) is 5.82 Å². The van der Waals surface area contributed by atoms with Gasteiger partial charge in [0.15, 0.2) is 0 Å². The van der Waals surface area contributed by atoms with Crippen molar-refractivity contribution in [3.63, 3.8) is 0 Å². The van der Waals surface area contributed by atoms with Gasteiger partial charge in [0.25, 0.3) is 0 Å². The van der Waals surface area contributed by atoms with Crippen molar-refractivity contribution >= 4 is 5.69 Å². The molecule has 0 radical (unpaired) electrons. The molecule has 0 saturated carbocycles. The summed E-state index contributed by atoms with van der Waals surface area (Å²) in [6.45, 7) is 5.35. The molecule has 0 atom stereocenters. The summed E-state index contributed by atoms with van der Waals surface area (Å²) in [5, 5.41) is 3.18. The highest BCUT2D eigenvalue weighted by molar-refractivity contribution is 5.42. The summed E-state index contributed by atoms with van der Waals surface area (Å²) in [7, 11) is 0. The number of hydrogen-bond donors (Lipinski definition) is 1. The van der Waals surface area contributed by atoms with E-state index in [0.717, 1.165) is 17.0 Å². The van der Waals surface area contributed by atoms with E-state index < -0.39 is 0 Å². The van der Waals surface area contributed by atoms with Crippen molar-refractivity contribution in [3.8, 4) is 5.75 Å². The Morgan fingerprint density at radius 2 is 1.79 bits per heavy atom. The van der Waals surface area contributed by atoms with Gasteiger partial charge in [0.2, 0.25) is 0 Å². The van der Waals surface area contributed by atoms with E-state index in [1.54, 1.807) is 12.1 Å². The molecule has 0 amide bonds. The molecular weight excluding hydrogens is 241 g/mol. The van der Waals surface area contributed by atoms with Crippen molar-refractivity contribution in [3.05, 3.63) is 59.4 Å². The Hall–Kier alpha value is -2.03. The third-order valence-electron chi connectivity index (χ3n) is 2.86. The lowest BCUT2D eigenvalue weighted by molar-refractivity contribution is 0.330. The third kappa shape index (κ3) is 3.98. The molecule has 0 heterocycles. The molecule has 2 aromatic rings. The van der Waals surface area contributed by atoms with Crippen LogP contribution in [0.1, 0.15) is 11.1 Å². The average molecular weight is 259 g/mol. The van der Waals surface area contributed by atoms with E-state index in [1.807, 2.05) is 19.1 Å². The van der Waals surface area contributed by atoms with Crippen LogP contribution in [0, 0.1) is 19.7 Å². The molecule has 2 aromatic carbocycles. The molecule has 0 unspecified atom stereocenters. The first kappa shape index (κ1) is 13.4. The zero-order chi connectivity index (χ0) is 13.7. The van der Waals surface area contributed by atoms with Crippen LogP contribution in [0.2, 0.25) is 0 Å². The third-order valence-corrected chi connectivity index (χ3v) is 2.86. The van der Waals surface area contributed by atoms with Crippen LogP contribution >= 0.6 is 0 Å². The predicted octanol–water partition coefficient (Wildman–Crippen LogP) is 3.93. The van der Waals surface area contributed by atoms with E-state index in [2.05, 4.69) is 18.3 Å². The molecule has 1 N–H and O–H groups in total. The predicted molar refractivity (Wildman–Crippen MR) is 76.3 cm³/mol. The summed E-state index contributed by atoms with van der Waals surface area (Å²) in [5.41, 5.74) is 3.27. The van der Waals surface area contributed by atoms with Gasteiger partial charge in [-0.1, -0.05) is 17.7 Å². The molecule has 0 aliphatic carbocycles. The van der Waals surface area contributed by atoms with Gasteiger partial charge in [0.05, 0.1) is 0 Å². The summed E-state index contributed by atoms with van der Waals surface area (Å²) in [6.07, 6.45) is 0. The Morgan fingerprint density at radius 3 is 2.47 bits per heavy atom. The molecule has 19 heavy (non-hydrogen) atoms. The van der Waals surface area contributed by atoms with Crippen molar-refractivity contribution < 1.29 is 9.13 Å². The lowest BCUT2D eigenvalue weighted by Gasteiger charge is -2.11. The largest absolute Gasteiger partial charge is 0.491 e. The summed E-state index contributed by atoms with van der Waals surface area (Å²) in [6, 6.07) is 12.4. The molecule has 0 saturated heterocycles. The molecule has 2 rings (SSSR count). The second-order valence-electron chi connectivity index (χ2n) is 4.55. The topological polar surface area (TPSA) is 21.3 Å². The monoisotopic (exact) mass is 259 g/mol. The average Bonchev–Trinajstić information content (AvgIpc) is 2.39. The second kappa shape index (κ2) is 6.23. The molecule has 0 bridgehead atoms. The van der Waals surface area contributed by atoms with Crippen molar-refractivity contribution in [2.75, 3.05) is 18.5 Å². The summed E-state index contributed by atoms with van der Waals surface area (Å²) in [5.74, 6) is 0.684. The summed E-state index contributed by atoms with van der Waals surface area (Å²) < 4.78 is 18.4. The van der Waals surface area contributed by atoms with Gasteiger partial charge >= 0.3 is 0 Å². The zero-order valence-corrected chi connectivity index (χ0v) is 11.2. The van der Waals surface area contributed by atoms with Crippen LogP contribution in [0.5, 0.6) is 5.75 Å². The summed E-state index contributed by atoms with van der Waals surface area (Å²) >= 11 is 0. The van der Waals surface area contributed by atoms with Gasteiger partial charge < -0.3 is 10.1 Å². The number of benzene rings is 2. The van der Waals surface area contributed by atoms with Gasteiger partial charge in [-0.05, 0) is 49.7 Å². The van der Waals surface area contributed by atoms with Crippen LogP contribution in [0.25, 0.3) is 0 Å². The molecule has 100 valence electrons. The number of anilines is 1. The van der Waals surface area contributed by atoms with Crippen LogP contribution < -0.4 is 10.1 Å². The minimum atomic E-state index is -0.225. The molecule has 0 fully saturated rings. The normalized spacial score (nSPS) is 10.3. The van der Waals surface area contributed by atoms with Crippen molar-refractivity contribution in [1.29, 1.82) is 0 Å². The number of rotatable bonds is 5. The quantitative estimate of drug-likeness (QED) is 0.821. The van der Waals surface area contributed by atoms with Crippen molar-refractivity contribution in [2.24, 2.45) is 0 Å². The molecule has 0 aliphatic rings. The standard InChI is InChI=1S/C16H18FNO/c1-12-3-8-16(13(2)11-12)19-10-9-18-15-6-4-14(17)5-7-15/h3-8,11,18H,9-10H2,1-2H3. The molecule has 3 heteroatoms. The Morgan fingerprint density at radius 1 is 1.05 bits per heavy atom. The molecule has 0 aliphatic heterocycles. The first-order valence-corrected chi connectivity index (χ1v) is 6.34. The number of ether oxygens (including phenoxy) is 1. The fourth-order valence-electron chi connectivity index (χ4n) is 1.89. The fraction of sp³-hybridized carbons (Fsp3) is 0.250. The van der Waals surface area contributed by atoms with Crippen molar-refractivity contribution in [2.45, 2.75) is 13.8 Å². The van der Waals surface area contributed by atoms with E-state index in [1.165, 1.54) is 17.7 Å². The first-order valence-electron chi connectivity index (χ1n) is 6.34. The van der Waals surface area contributed by atoms with E-state index in [4.69, 9.17) is 4.74 Å². The highest BCUT2D eigenvalue weighted by Crippen LogP contribution is 2.18. The van der Waals surface area contributed by atoms with E-state index in [0.29, 0.717) is 13.2 Å². The fourth-order valence-corrected chi connectivity index (χ4v) is 1.89. The maximum absolute atomic E-state index is 12.7. The smallest absolute Gasteiger partial charge is 0.123 e. The SMILES string of the molecule is Cc1ccc(OCCNc2ccc(F)cc2)c(C)c1. The van der Waals surface area contributed by atoms with Gasteiger partial charge in [-0.25, -0.2) is 4.39 Å². The van der Waals surface area contributed by atoms with Crippen LogP contribution in [-0.4, -0.2) is 13.2 Å².